The monoisotopic (exact) mass is 502 g/mol. The second kappa shape index (κ2) is 11.3. The summed E-state index contributed by atoms with van der Waals surface area (Å²) in [5.41, 5.74) is 5.42. The summed E-state index contributed by atoms with van der Waals surface area (Å²) in [7, 11) is 1.61. The maximum atomic E-state index is 12.5. The van der Waals surface area contributed by atoms with Gasteiger partial charge in [-0.25, -0.2) is 5.43 Å². The number of hydrazone groups is 1. The van der Waals surface area contributed by atoms with Crippen molar-refractivity contribution in [3.8, 4) is 22.8 Å². The molecule has 0 unspecified atom stereocenters. The summed E-state index contributed by atoms with van der Waals surface area (Å²) < 4.78 is 7.15. The van der Waals surface area contributed by atoms with Crippen LogP contribution in [0.3, 0.4) is 0 Å². The van der Waals surface area contributed by atoms with Crippen LogP contribution in [-0.4, -0.2) is 44.2 Å². The van der Waals surface area contributed by atoms with E-state index in [0.29, 0.717) is 22.3 Å². The minimum absolute atomic E-state index is 0.0113. The van der Waals surface area contributed by atoms with E-state index in [-0.39, 0.29) is 17.3 Å². The summed E-state index contributed by atoms with van der Waals surface area (Å²) in [6.45, 7) is 1.71. The van der Waals surface area contributed by atoms with Crippen LogP contribution in [0.1, 0.15) is 12.5 Å². The Morgan fingerprint density at radius 1 is 1.06 bits per heavy atom. The number of benzene rings is 3. The molecule has 1 aromatic heterocycles. The number of rotatable bonds is 9. The number of carbonyl (C=O) groups is 1. The van der Waals surface area contributed by atoms with Gasteiger partial charge in [-0.3, -0.25) is 19.5 Å². The van der Waals surface area contributed by atoms with Gasteiger partial charge in [0, 0.05) is 23.4 Å². The fourth-order valence-electron chi connectivity index (χ4n) is 3.30. The molecule has 11 heteroatoms. The number of nitro groups is 1. The van der Waals surface area contributed by atoms with Gasteiger partial charge in [-0.15, -0.1) is 10.2 Å². The van der Waals surface area contributed by atoms with Gasteiger partial charge in [-0.05, 0) is 48.9 Å². The Morgan fingerprint density at radius 2 is 1.75 bits per heavy atom. The van der Waals surface area contributed by atoms with Crippen LogP contribution in [0, 0.1) is 10.1 Å². The maximum absolute atomic E-state index is 12.5. The normalized spacial score (nSPS) is 11.2. The maximum Gasteiger partial charge on any atom is 0.269 e. The van der Waals surface area contributed by atoms with Crippen molar-refractivity contribution in [2.24, 2.45) is 5.10 Å². The molecule has 0 spiro atoms. The average molecular weight is 503 g/mol. The van der Waals surface area contributed by atoms with E-state index in [4.69, 9.17) is 4.74 Å². The van der Waals surface area contributed by atoms with Crippen LogP contribution in [0.25, 0.3) is 17.1 Å². The Morgan fingerprint density at radius 3 is 2.39 bits per heavy atom. The number of thioether (sulfide) groups is 1. The van der Waals surface area contributed by atoms with Gasteiger partial charge in [-0.1, -0.05) is 42.1 Å². The fourth-order valence-corrected chi connectivity index (χ4v) is 4.04. The van der Waals surface area contributed by atoms with Crippen LogP contribution in [-0.2, 0) is 4.79 Å². The van der Waals surface area contributed by atoms with E-state index in [0.717, 1.165) is 17.0 Å². The van der Waals surface area contributed by atoms with Gasteiger partial charge >= 0.3 is 0 Å². The lowest BCUT2D eigenvalue weighted by Crippen LogP contribution is -2.21. The molecule has 0 radical (unpaired) electrons. The zero-order valence-electron chi connectivity index (χ0n) is 19.5. The number of hydrogen-bond donors (Lipinski definition) is 1. The van der Waals surface area contributed by atoms with Crippen molar-refractivity contribution in [1.29, 1.82) is 0 Å². The van der Waals surface area contributed by atoms with Crippen LogP contribution in [0.15, 0.2) is 89.1 Å². The molecular formula is C25H22N6O4S. The molecule has 1 N–H and O–H groups in total. The third-order valence-electron chi connectivity index (χ3n) is 5.17. The number of amides is 1. The molecule has 0 saturated carbocycles. The molecule has 0 bridgehead atoms. The summed E-state index contributed by atoms with van der Waals surface area (Å²) in [4.78, 5) is 22.8. The number of nitrogens with one attached hydrogen (secondary N) is 1. The molecule has 36 heavy (non-hydrogen) atoms. The van der Waals surface area contributed by atoms with Crippen molar-refractivity contribution in [3.05, 3.63) is 94.5 Å². The fraction of sp³-hybridized carbons (Fsp3) is 0.120. The summed E-state index contributed by atoms with van der Waals surface area (Å²) >= 11 is 1.23. The number of nitro benzene ring substituents is 1. The number of methoxy groups -OCH3 is 1. The molecule has 3 aromatic carbocycles. The molecule has 10 nitrogen and oxygen atoms in total. The van der Waals surface area contributed by atoms with Crippen molar-refractivity contribution in [1.82, 2.24) is 20.2 Å². The Labute approximate surface area is 211 Å². The van der Waals surface area contributed by atoms with E-state index in [1.165, 1.54) is 23.9 Å². The molecule has 0 aliphatic carbocycles. The van der Waals surface area contributed by atoms with Gasteiger partial charge in [0.25, 0.3) is 11.6 Å². The molecule has 4 aromatic rings. The topological polar surface area (TPSA) is 125 Å². The third-order valence-corrected chi connectivity index (χ3v) is 6.10. The molecule has 0 atom stereocenters. The van der Waals surface area contributed by atoms with Gasteiger partial charge in [0.1, 0.15) is 5.75 Å². The minimum Gasteiger partial charge on any atom is -0.497 e. The molecule has 0 aliphatic heterocycles. The molecular weight excluding hydrogens is 480 g/mol. The van der Waals surface area contributed by atoms with Gasteiger partial charge in [0.15, 0.2) is 11.0 Å². The Kier molecular flexibility index (Phi) is 7.71. The number of nitrogens with zero attached hydrogens (tertiary/aromatic N) is 5. The highest BCUT2D eigenvalue weighted by Gasteiger charge is 2.17. The predicted molar refractivity (Wildman–Crippen MR) is 138 cm³/mol. The lowest BCUT2D eigenvalue weighted by atomic mass is 10.1. The van der Waals surface area contributed by atoms with Crippen LogP contribution in [0.5, 0.6) is 5.75 Å². The van der Waals surface area contributed by atoms with Gasteiger partial charge < -0.3 is 4.74 Å². The number of hydrogen-bond acceptors (Lipinski definition) is 8. The van der Waals surface area contributed by atoms with E-state index in [9.17, 15) is 14.9 Å². The second-order valence-electron chi connectivity index (χ2n) is 7.53. The summed E-state index contributed by atoms with van der Waals surface area (Å²) in [5.74, 6) is 1.10. The zero-order valence-corrected chi connectivity index (χ0v) is 20.3. The highest BCUT2D eigenvalue weighted by Crippen LogP contribution is 2.28. The van der Waals surface area contributed by atoms with Gasteiger partial charge in [0.2, 0.25) is 0 Å². The second-order valence-corrected chi connectivity index (χ2v) is 8.47. The first-order valence-corrected chi connectivity index (χ1v) is 11.8. The highest BCUT2D eigenvalue weighted by atomic mass is 32.2. The van der Waals surface area contributed by atoms with Crippen LogP contribution in [0.4, 0.5) is 5.69 Å². The number of aromatic nitrogens is 3. The summed E-state index contributed by atoms with van der Waals surface area (Å²) in [6, 6.07) is 23.1. The van der Waals surface area contributed by atoms with Crippen molar-refractivity contribution < 1.29 is 14.5 Å². The summed E-state index contributed by atoms with van der Waals surface area (Å²) in [6.07, 6.45) is 0. The Hall–Kier alpha value is -4.51. The van der Waals surface area contributed by atoms with E-state index in [2.05, 4.69) is 20.7 Å². The Bertz CT molecular complexity index is 1390. The molecule has 4 rings (SSSR count). The molecule has 0 aliphatic rings. The SMILES string of the molecule is COc1ccc(-n2c(SCC(=O)N/N=C(/C)c3ccc([N+](=O)[O-])cc3)nnc2-c2ccccc2)cc1. The first kappa shape index (κ1) is 24.6. The lowest BCUT2D eigenvalue weighted by molar-refractivity contribution is -0.384. The van der Waals surface area contributed by atoms with Gasteiger partial charge in [0.05, 0.1) is 23.5 Å². The highest BCUT2D eigenvalue weighted by molar-refractivity contribution is 7.99. The lowest BCUT2D eigenvalue weighted by Gasteiger charge is -2.11. The van der Waals surface area contributed by atoms with Crippen molar-refractivity contribution >= 4 is 29.1 Å². The summed E-state index contributed by atoms with van der Waals surface area (Å²) in [5, 5.41) is 24.2. The van der Waals surface area contributed by atoms with Crippen LogP contribution < -0.4 is 10.2 Å². The van der Waals surface area contributed by atoms with Crippen LogP contribution in [0.2, 0.25) is 0 Å². The van der Waals surface area contributed by atoms with E-state index >= 15 is 0 Å². The van der Waals surface area contributed by atoms with Crippen molar-refractivity contribution in [2.75, 3.05) is 12.9 Å². The molecule has 182 valence electrons. The first-order valence-electron chi connectivity index (χ1n) is 10.8. The smallest absolute Gasteiger partial charge is 0.269 e. The standard InChI is InChI=1S/C25H22N6O4S/c1-17(18-8-10-21(11-9-18)31(33)34)26-27-23(32)16-36-25-29-28-24(19-6-4-3-5-7-19)30(25)20-12-14-22(35-2)15-13-20/h3-15H,16H2,1-2H3,(H,27,32)/b26-17-. The zero-order chi connectivity index (χ0) is 25.5. The van der Waals surface area contributed by atoms with Gasteiger partial charge in [-0.2, -0.15) is 5.10 Å². The van der Waals surface area contributed by atoms with E-state index in [1.807, 2.05) is 59.2 Å². The minimum atomic E-state index is -0.469. The van der Waals surface area contributed by atoms with E-state index < -0.39 is 4.92 Å². The largest absolute Gasteiger partial charge is 0.497 e. The van der Waals surface area contributed by atoms with Crippen molar-refractivity contribution in [2.45, 2.75) is 12.1 Å². The molecule has 1 amide bonds. The predicted octanol–water partition coefficient (Wildman–Crippen LogP) is 4.48. The number of ether oxygens (including phenoxy) is 1. The van der Waals surface area contributed by atoms with E-state index in [1.54, 1.807) is 26.2 Å². The number of non-ortho nitro benzene ring substituents is 1. The first-order chi connectivity index (χ1) is 17.5. The van der Waals surface area contributed by atoms with Crippen LogP contribution >= 0.6 is 11.8 Å². The quantitative estimate of drug-likeness (QED) is 0.155. The van der Waals surface area contributed by atoms with Crippen molar-refractivity contribution in [3.63, 3.8) is 0 Å². The third kappa shape index (κ3) is 5.76. The molecule has 0 saturated heterocycles. The molecule has 1 heterocycles. The average Bonchev–Trinajstić information content (AvgIpc) is 3.35. The molecule has 0 fully saturated rings. The number of carbonyl (C=O) groups excluding carboxylic acids is 1. The Balaban J connectivity index is 1.49.